The van der Waals surface area contributed by atoms with Crippen LogP contribution >= 0.6 is 0 Å². The first-order valence-electron chi connectivity index (χ1n) is 11.2. The summed E-state index contributed by atoms with van der Waals surface area (Å²) in [6, 6.07) is 6.00. The molecule has 0 radical (unpaired) electrons. The van der Waals surface area contributed by atoms with Crippen molar-refractivity contribution in [3.8, 4) is 11.5 Å². The zero-order valence-electron chi connectivity index (χ0n) is 19.9. The van der Waals surface area contributed by atoms with Crippen LogP contribution in [-0.4, -0.2) is 65.3 Å². The summed E-state index contributed by atoms with van der Waals surface area (Å²) in [6.07, 6.45) is 4.86. The van der Waals surface area contributed by atoms with Gasteiger partial charge in [-0.25, -0.2) is 18.6 Å². The molecule has 0 saturated carbocycles. The Kier molecular flexibility index (Phi) is 6.24. The topological polar surface area (TPSA) is 104 Å². The molecule has 0 amide bonds. The van der Waals surface area contributed by atoms with E-state index in [2.05, 4.69) is 19.6 Å². The molecule has 2 saturated heterocycles. The molecule has 2 aliphatic heterocycles. The Morgan fingerprint density at radius 2 is 2.06 bits per heavy atom. The van der Waals surface area contributed by atoms with Gasteiger partial charge in [0.1, 0.15) is 41.3 Å². The average Bonchev–Trinajstić information content (AvgIpc) is 3.40. The summed E-state index contributed by atoms with van der Waals surface area (Å²) in [5.74, 6) is 0.872. The van der Waals surface area contributed by atoms with Crippen molar-refractivity contribution in [3.63, 3.8) is 0 Å². The van der Waals surface area contributed by atoms with Gasteiger partial charge in [-0.2, -0.15) is 4.36 Å². The Bertz CT molecular complexity index is 1400. The van der Waals surface area contributed by atoms with Crippen molar-refractivity contribution in [1.29, 1.82) is 0 Å². The number of hydrogen-bond donors (Lipinski definition) is 1. The van der Waals surface area contributed by atoms with Crippen molar-refractivity contribution in [2.75, 3.05) is 38.2 Å². The van der Waals surface area contributed by atoms with Gasteiger partial charge in [-0.1, -0.05) is 0 Å². The Labute approximate surface area is 203 Å². The first-order chi connectivity index (χ1) is 16.7. The molecule has 35 heavy (non-hydrogen) atoms. The molecule has 2 fully saturated rings. The third-order valence-corrected chi connectivity index (χ3v) is 6.65. The van der Waals surface area contributed by atoms with Gasteiger partial charge in [-0.15, -0.1) is 0 Å². The Balaban J connectivity index is 1.54. The maximum Gasteiger partial charge on any atom is 0.151 e. The highest BCUT2D eigenvalue weighted by molar-refractivity contribution is 7.92. The van der Waals surface area contributed by atoms with Gasteiger partial charge in [-0.05, 0) is 31.5 Å². The van der Waals surface area contributed by atoms with Crippen LogP contribution < -0.4 is 14.8 Å². The largest absolute Gasteiger partial charge is 0.494 e. The molecule has 2 aliphatic rings. The maximum absolute atomic E-state index is 14.2. The number of nitrogens with one attached hydrogen (secondary N) is 1. The molecule has 1 aromatic heterocycles. The molecule has 0 unspecified atom stereocenters. The van der Waals surface area contributed by atoms with E-state index < -0.39 is 15.5 Å². The van der Waals surface area contributed by atoms with Crippen LogP contribution in [0.1, 0.15) is 12.0 Å². The Hall–Kier alpha value is -3.02. The van der Waals surface area contributed by atoms with E-state index in [0.717, 1.165) is 12.0 Å². The van der Waals surface area contributed by atoms with Crippen molar-refractivity contribution < 1.29 is 27.5 Å². The Morgan fingerprint density at radius 1 is 1.23 bits per heavy atom. The van der Waals surface area contributed by atoms with Crippen LogP contribution in [0.15, 0.2) is 35.0 Å². The molecule has 186 valence electrons. The minimum atomic E-state index is -2.42. The van der Waals surface area contributed by atoms with E-state index in [1.54, 1.807) is 24.6 Å². The number of benzene rings is 2. The highest BCUT2D eigenvalue weighted by Gasteiger charge is 2.43. The molecule has 11 heteroatoms. The van der Waals surface area contributed by atoms with Gasteiger partial charge < -0.3 is 24.3 Å². The molecule has 1 N–H and O–H groups in total. The molecule has 5 rings (SSSR count). The summed E-state index contributed by atoms with van der Waals surface area (Å²) < 4.78 is 54.1. The first kappa shape index (κ1) is 23.7. The second-order valence-electron chi connectivity index (χ2n) is 8.86. The van der Waals surface area contributed by atoms with Crippen molar-refractivity contribution in [2.24, 2.45) is 4.36 Å². The molecule has 2 aromatic carbocycles. The summed E-state index contributed by atoms with van der Waals surface area (Å²) in [4.78, 5) is 8.81. The minimum Gasteiger partial charge on any atom is -0.494 e. The fourth-order valence-electron chi connectivity index (χ4n) is 4.55. The predicted octanol–water partition coefficient (Wildman–Crippen LogP) is 4.12. The lowest BCUT2D eigenvalue weighted by molar-refractivity contribution is 0.0310. The first-order valence-corrected chi connectivity index (χ1v) is 13.5. The monoisotopic (exact) mass is 502 g/mol. The quantitative estimate of drug-likeness (QED) is 0.537. The Morgan fingerprint density at radius 3 is 2.83 bits per heavy atom. The number of ether oxygens (including phenoxy) is 4. The number of aromatic nitrogens is 2. The lowest BCUT2D eigenvalue weighted by Gasteiger charge is -2.21. The standard InChI is InChI=1S/C24H27FN4O5S/c1-13-21-16(10-17(22(13)31-2)29-35(3,4)30)26-12-27-24(21)28-15-6-5-14(25)9-19(15)34-20-11-33-18-7-8-32-23(18)20/h5-6,9-10,12,18,20,23H,7-8,11H2,1-4H3,(H,26,27,28)/t18-,20-,23+/m1/s1. The molecule has 9 nitrogen and oxygen atoms in total. The zero-order chi connectivity index (χ0) is 24.7. The number of halogens is 1. The van der Waals surface area contributed by atoms with Gasteiger partial charge in [0, 0.05) is 45.9 Å². The van der Waals surface area contributed by atoms with Crippen molar-refractivity contribution in [2.45, 2.75) is 31.7 Å². The van der Waals surface area contributed by atoms with Crippen LogP contribution in [0.4, 0.5) is 21.6 Å². The van der Waals surface area contributed by atoms with Crippen LogP contribution in [-0.2, 0) is 19.2 Å². The number of hydrogen-bond acceptors (Lipinski definition) is 9. The number of anilines is 2. The molecule has 0 spiro atoms. The molecule has 0 bridgehead atoms. The zero-order valence-corrected chi connectivity index (χ0v) is 20.7. The van der Waals surface area contributed by atoms with Crippen molar-refractivity contribution in [1.82, 2.24) is 9.97 Å². The highest BCUT2D eigenvalue weighted by Crippen LogP contribution is 2.41. The maximum atomic E-state index is 14.2. The van der Waals surface area contributed by atoms with Crippen molar-refractivity contribution in [3.05, 3.63) is 42.0 Å². The van der Waals surface area contributed by atoms with E-state index in [1.807, 2.05) is 6.92 Å². The number of nitrogens with zero attached hydrogens (tertiary/aromatic N) is 3. The summed E-state index contributed by atoms with van der Waals surface area (Å²) in [6.45, 7) is 2.86. The summed E-state index contributed by atoms with van der Waals surface area (Å²) in [5.41, 5.74) is 2.31. The fraction of sp³-hybridized carbons (Fsp3) is 0.417. The van der Waals surface area contributed by atoms with E-state index in [-0.39, 0.29) is 18.3 Å². The van der Waals surface area contributed by atoms with Gasteiger partial charge in [0.15, 0.2) is 6.10 Å². The normalized spacial score (nSPS) is 21.7. The summed E-state index contributed by atoms with van der Waals surface area (Å²) >= 11 is 0. The third-order valence-electron chi connectivity index (χ3n) is 6.02. The van der Waals surface area contributed by atoms with Crippen LogP contribution in [0.2, 0.25) is 0 Å². The number of rotatable bonds is 6. The van der Waals surface area contributed by atoms with Crippen LogP contribution in [0.25, 0.3) is 10.9 Å². The molecular weight excluding hydrogens is 475 g/mol. The molecule has 3 aromatic rings. The van der Waals surface area contributed by atoms with Gasteiger partial charge in [0.25, 0.3) is 0 Å². The lowest BCUT2D eigenvalue weighted by atomic mass is 10.1. The second kappa shape index (κ2) is 9.21. The molecular formula is C24H27FN4O5S. The number of aryl methyl sites for hydroxylation is 1. The highest BCUT2D eigenvalue weighted by atomic mass is 32.2. The van der Waals surface area contributed by atoms with E-state index in [0.29, 0.717) is 52.8 Å². The summed E-state index contributed by atoms with van der Waals surface area (Å²) in [5, 5.41) is 3.96. The van der Waals surface area contributed by atoms with E-state index in [4.69, 9.17) is 18.9 Å². The van der Waals surface area contributed by atoms with Crippen LogP contribution in [0.3, 0.4) is 0 Å². The third kappa shape index (κ3) is 4.75. The van der Waals surface area contributed by atoms with Gasteiger partial charge in [-0.3, -0.25) is 0 Å². The van der Waals surface area contributed by atoms with Crippen LogP contribution in [0.5, 0.6) is 11.5 Å². The smallest absolute Gasteiger partial charge is 0.151 e. The van der Waals surface area contributed by atoms with Gasteiger partial charge >= 0.3 is 0 Å². The molecule has 3 atom stereocenters. The van der Waals surface area contributed by atoms with E-state index >= 15 is 0 Å². The van der Waals surface area contributed by atoms with Gasteiger partial charge in [0.05, 0.1) is 31.0 Å². The average molecular weight is 503 g/mol. The van der Waals surface area contributed by atoms with E-state index in [9.17, 15) is 8.60 Å². The predicted molar refractivity (Wildman–Crippen MR) is 131 cm³/mol. The SMILES string of the molecule is COc1c(N=S(C)(C)=O)cc2ncnc(Nc3ccc(F)cc3O[C@@H]3CO[C@@H]4CCO[C@@H]43)c2c1C. The number of methoxy groups -OCH3 is 1. The van der Waals surface area contributed by atoms with Gasteiger partial charge in [0.2, 0.25) is 0 Å². The molecule has 3 heterocycles. The van der Waals surface area contributed by atoms with E-state index in [1.165, 1.54) is 25.6 Å². The summed E-state index contributed by atoms with van der Waals surface area (Å²) in [7, 11) is -0.885. The minimum absolute atomic E-state index is 0.00596. The number of fused-ring (bicyclic) bond motifs is 2. The lowest BCUT2D eigenvalue weighted by Crippen LogP contribution is -2.32. The van der Waals surface area contributed by atoms with Crippen LogP contribution in [0, 0.1) is 12.7 Å². The van der Waals surface area contributed by atoms with Crippen molar-refractivity contribution >= 4 is 37.8 Å². The fourth-order valence-corrected chi connectivity index (χ4v) is 5.16. The molecule has 0 aliphatic carbocycles. The second-order valence-corrected chi connectivity index (χ2v) is 11.4.